The van der Waals surface area contributed by atoms with E-state index in [4.69, 9.17) is 14.6 Å². The zero-order valence-electron chi connectivity index (χ0n) is 21.3. The maximum atomic E-state index is 13.4. The van der Waals surface area contributed by atoms with Crippen LogP contribution in [0.3, 0.4) is 0 Å². The van der Waals surface area contributed by atoms with Crippen molar-refractivity contribution in [3.63, 3.8) is 0 Å². The smallest absolute Gasteiger partial charge is 0.416 e. The fourth-order valence-corrected chi connectivity index (χ4v) is 4.59. The fourth-order valence-electron chi connectivity index (χ4n) is 4.59. The van der Waals surface area contributed by atoms with Crippen molar-refractivity contribution in [3.8, 4) is 22.6 Å². The molecule has 0 bridgehead atoms. The summed E-state index contributed by atoms with van der Waals surface area (Å²) in [6.07, 6.45) is -4.30. The summed E-state index contributed by atoms with van der Waals surface area (Å²) >= 11 is 0. The van der Waals surface area contributed by atoms with E-state index in [1.54, 1.807) is 30.0 Å². The zero-order valence-corrected chi connectivity index (χ0v) is 21.3. The number of hydrogen-bond donors (Lipinski definition) is 1. The predicted molar refractivity (Wildman–Crippen MR) is 137 cm³/mol. The first kappa shape index (κ1) is 27.0. The molecule has 200 valence electrons. The Balaban J connectivity index is 1.56. The maximum absolute atomic E-state index is 13.4. The number of ether oxygens (including phenoxy) is 2. The minimum atomic E-state index is -4.39. The number of rotatable bonds is 8. The van der Waals surface area contributed by atoms with Gasteiger partial charge in [-0.3, -0.25) is 4.79 Å². The molecule has 0 unspecified atom stereocenters. The molecule has 1 heterocycles. The highest BCUT2D eigenvalue weighted by Crippen LogP contribution is 2.43. The van der Waals surface area contributed by atoms with E-state index in [0.29, 0.717) is 30.0 Å². The average molecular weight is 528 g/mol. The van der Waals surface area contributed by atoms with Crippen LogP contribution in [0.2, 0.25) is 0 Å². The van der Waals surface area contributed by atoms with Crippen molar-refractivity contribution in [1.29, 1.82) is 0 Å². The number of hydrogen-bond acceptors (Lipinski definition) is 4. The van der Waals surface area contributed by atoms with Gasteiger partial charge in [0.05, 0.1) is 18.6 Å². The van der Waals surface area contributed by atoms with Gasteiger partial charge in [-0.15, -0.1) is 0 Å². The minimum absolute atomic E-state index is 0.0927. The molecule has 3 aromatic rings. The number of carbonyl (C=O) groups is 2. The van der Waals surface area contributed by atoms with Crippen LogP contribution in [0, 0.1) is 0 Å². The fraction of sp³-hybridized carbons (Fsp3) is 0.310. The number of carboxylic acid groups (broad SMARTS) is 1. The van der Waals surface area contributed by atoms with Crippen LogP contribution in [0.4, 0.5) is 18.9 Å². The highest BCUT2D eigenvalue weighted by atomic mass is 19.4. The normalized spacial score (nSPS) is 14.2. The molecule has 1 aliphatic rings. The molecule has 0 atom stereocenters. The van der Waals surface area contributed by atoms with E-state index >= 15 is 0 Å². The van der Waals surface area contributed by atoms with E-state index in [1.165, 1.54) is 12.1 Å². The SMILES string of the molecule is CCOc1cc(CC(=O)N2CC(C)(C)c3cc(-c4ccc(C(F)(F)F)cc4)ccc32)ccc1OCC(=O)O. The molecular weight excluding hydrogens is 499 g/mol. The largest absolute Gasteiger partial charge is 0.490 e. The van der Waals surface area contributed by atoms with Crippen LogP contribution in [-0.4, -0.2) is 36.7 Å². The quantitative estimate of drug-likeness (QED) is 0.383. The summed E-state index contributed by atoms with van der Waals surface area (Å²) in [5.74, 6) is -0.583. The molecule has 1 N–H and O–H groups in total. The first-order chi connectivity index (χ1) is 17.9. The zero-order chi connectivity index (χ0) is 27.7. The number of fused-ring (bicyclic) bond motifs is 1. The van der Waals surface area contributed by atoms with E-state index in [2.05, 4.69) is 0 Å². The lowest BCUT2D eigenvalue weighted by Crippen LogP contribution is -2.34. The molecule has 1 amide bonds. The highest BCUT2D eigenvalue weighted by Gasteiger charge is 2.38. The molecule has 38 heavy (non-hydrogen) atoms. The van der Waals surface area contributed by atoms with Crippen LogP contribution >= 0.6 is 0 Å². The van der Waals surface area contributed by atoms with Crippen molar-refractivity contribution in [1.82, 2.24) is 0 Å². The number of nitrogens with zero attached hydrogens (tertiary/aromatic N) is 1. The summed E-state index contributed by atoms with van der Waals surface area (Å²) in [5, 5.41) is 8.88. The summed E-state index contributed by atoms with van der Waals surface area (Å²) in [6, 6.07) is 15.6. The monoisotopic (exact) mass is 527 g/mol. The Labute approximate surface area is 218 Å². The number of alkyl halides is 3. The third-order valence-electron chi connectivity index (χ3n) is 6.43. The average Bonchev–Trinajstić information content (AvgIpc) is 3.13. The summed E-state index contributed by atoms with van der Waals surface area (Å²) in [6.45, 7) is 6.13. The number of carbonyl (C=O) groups excluding carboxylic acids is 1. The molecule has 6 nitrogen and oxygen atoms in total. The standard InChI is InChI=1S/C29H28F3NO5/c1-4-37-25-13-18(5-12-24(25)38-16-27(35)36)14-26(34)33-17-28(2,3)22-15-20(8-11-23(22)33)19-6-9-21(10-7-19)29(30,31)32/h5-13,15H,4,14,16-17H2,1-3H3,(H,35,36). The number of aliphatic carboxylic acids is 1. The Morgan fingerprint density at radius 3 is 2.26 bits per heavy atom. The van der Waals surface area contributed by atoms with Gasteiger partial charge in [-0.2, -0.15) is 13.2 Å². The van der Waals surface area contributed by atoms with Gasteiger partial charge in [-0.25, -0.2) is 4.79 Å². The lowest BCUT2D eigenvalue weighted by atomic mass is 9.85. The third kappa shape index (κ3) is 5.77. The molecule has 0 aromatic heterocycles. The van der Waals surface area contributed by atoms with Crippen LogP contribution in [0.1, 0.15) is 37.5 Å². The predicted octanol–water partition coefficient (Wildman–Crippen LogP) is 6.10. The van der Waals surface area contributed by atoms with Crippen molar-refractivity contribution < 1.29 is 37.3 Å². The van der Waals surface area contributed by atoms with Crippen LogP contribution < -0.4 is 14.4 Å². The number of carboxylic acids is 1. The van der Waals surface area contributed by atoms with E-state index < -0.39 is 24.3 Å². The Hall–Kier alpha value is -4.01. The Kier molecular flexibility index (Phi) is 7.40. The third-order valence-corrected chi connectivity index (χ3v) is 6.43. The van der Waals surface area contributed by atoms with E-state index in [-0.39, 0.29) is 23.5 Å². The van der Waals surface area contributed by atoms with Crippen molar-refractivity contribution in [2.24, 2.45) is 0 Å². The van der Waals surface area contributed by atoms with Crippen LogP contribution in [0.25, 0.3) is 11.1 Å². The van der Waals surface area contributed by atoms with Gasteiger partial charge in [0, 0.05) is 17.6 Å². The van der Waals surface area contributed by atoms with Crippen LogP contribution in [0.5, 0.6) is 11.5 Å². The molecule has 4 rings (SSSR count). The number of amides is 1. The number of anilines is 1. The van der Waals surface area contributed by atoms with Gasteiger partial charge in [0.2, 0.25) is 5.91 Å². The molecule has 0 spiro atoms. The second-order valence-corrected chi connectivity index (χ2v) is 9.74. The van der Waals surface area contributed by atoms with Gasteiger partial charge in [0.1, 0.15) is 0 Å². The summed E-state index contributed by atoms with van der Waals surface area (Å²) in [5.41, 5.74) is 2.77. The first-order valence-corrected chi connectivity index (χ1v) is 12.1. The van der Waals surface area contributed by atoms with E-state index in [0.717, 1.165) is 28.9 Å². The molecule has 0 saturated carbocycles. The lowest BCUT2D eigenvalue weighted by molar-refractivity contribution is -0.139. The van der Waals surface area contributed by atoms with Gasteiger partial charge < -0.3 is 19.5 Å². The van der Waals surface area contributed by atoms with Crippen molar-refractivity contribution in [3.05, 3.63) is 77.4 Å². The topological polar surface area (TPSA) is 76.1 Å². The van der Waals surface area contributed by atoms with Crippen LogP contribution in [-0.2, 0) is 27.6 Å². The van der Waals surface area contributed by atoms with Crippen molar-refractivity contribution >= 4 is 17.6 Å². The van der Waals surface area contributed by atoms with E-state index in [9.17, 15) is 22.8 Å². The molecule has 3 aromatic carbocycles. The maximum Gasteiger partial charge on any atom is 0.416 e. The highest BCUT2D eigenvalue weighted by molar-refractivity contribution is 5.98. The van der Waals surface area contributed by atoms with Gasteiger partial charge >= 0.3 is 12.1 Å². The molecule has 1 aliphatic heterocycles. The molecule has 0 fully saturated rings. The molecule has 0 aliphatic carbocycles. The van der Waals surface area contributed by atoms with Crippen LogP contribution in [0.15, 0.2) is 60.7 Å². The molecular formula is C29H28F3NO5. The minimum Gasteiger partial charge on any atom is -0.490 e. The first-order valence-electron chi connectivity index (χ1n) is 12.1. The van der Waals surface area contributed by atoms with Crippen molar-refractivity contribution in [2.75, 3.05) is 24.7 Å². The van der Waals surface area contributed by atoms with E-state index in [1.807, 2.05) is 32.0 Å². The lowest BCUT2D eigenvalue weighted by Gasteiger charge is -2.21. The Bertz CT molecular complexity index is 1350. The Morgan fingerprint density at radius 2 is 1.63 bits per heavy atom. The van der Waals surface area contributed by atoms with Gasteiger partial charge in [-0.1, -0.05) is 38.1 Å². The van der Waals surface area contributed by atoms with Gasteiger partial charge in [-0.05, 0) is 65.6 Å². The second-order valence-electron chi connectivity index (χ2n) is 9.74. The molecule has 0 saturated heterocycles. The van der Waals surface area contributed by atoms with Crippen molar-refractivity contribution in [2.45, 2.75) is 38.8 Å². The number of benzene rings is 3. The summed E-state index contributed by atoms with van der Waals surface area (Å²) < 4.78 is 49.7. The Morgan fingerprint density at radius 1 is 0.947 bits per heavy atom. The van der Waals surface area contributed by atoms with Gasteiger partial charge in [0.25, 0.3) is 0 Å². The second kappa shape index (κ2) is 10.4. The summed E-state index contributed by atoms with van der Waals surface area (Å²) in [7, 11) is 0. The summed E-state index contributed by atoms with van der Waals surface area (Å²) in [4.78, 5) is 26.0. The number of halogens is 3. The van der Waals surface area contributed by atoms with Gasteiger partial charge in [0.15, 0.2) is 18.1 Å². The molecule has 0 radical (unpaired) electrons. The molecule has 9 heteroatoms.